The summed E-state index contributed by atoms with van der Waals surface area (Å²) in [5, 5.41) is 7.45. The number of carbonyl (C=O) groups is 2. The Morgan fingerprint density at radius 1 is 1.27 bits per heavy atom. The Labute approximate surface area is 268 Å². The lowest BCUT2D eigenvalue weighted by atomic mass is 10.0. The quantitative estimate of drug-likeness (QED) is 0.114. The van der Waals surface area contributed by atoms with Crippen LogP contribution in [-0.2, 0) is 14.3 Å². The van der Waals surface area contributed by atoms with E-state index in [0.717, 1.165) is 24.0 Å². The molecule has 1 atom stereocenters. The van der Waals surface area contributed by atoms with Gasteiger partial charge in [-0.1, -0.05) is 35.9 Å². The van der Waals surface area contributed by atoms with Gasteiger partial charge in [0.25, 0.3) is 0 Å². The van der Waals surface area contributed by atoms with Gasteiger partial charge in [-0.3, -0.25) is 9.48 Å². The van der Waals surface area contributed by atoms with Crippen LogP contribution in [0.1, 0.15) is 83.6 Å². The van der Waals surface area contributed by atoms with Crippen LogP contribution < -0.4 is 11.1 Å². The van der Waals surface area contributed by atoms with Gasteiger partial charge in [-0.05, 0) is 77.7 Å². The molecule has 2 amide bonds. The number of halogens is 3. The minimum Gasteiger partial charge on any atom is -0.484 e. The molecule has 3 N–H and O–H groups in total. The zero-order chi connectivity index (χ0) is 32.6. The second-order valence-corrected chi connectivity index (χ2v) is 12.5. The van der Waals surface area contributed by atoms with Crippen molar-refractivity contribution in [1.82, 2.24) is 20.0 Å². The number of carbonyl (C=O) groups excluding carboxylic acids is 2. The van der Waals surface area contributed by atoms with Crippen molar-refractivity contribution >= 4 is 40.8 Å². The number of hydrogen-bond acceptors (Lipinski definition) is 6. The number of hydrogen-bond donors (Lipinski definition) is 2. The van der Waals surface area contributed by atoms with Crippen molar-refractivity contribution in [3.63, 3.8) is 0 Å². The molecule has 2 aromatic rings. The lowest BCUT2D eigenvalue weighted by Gasteiger charge is -2.32. The fraction of sp³-hybridized carbons (Fsp3) is 0.469. The van der Waals surface area contributed by atoms with Crippen LogP contribution in [0.25, 0.3) is 5.57 Å². The highest BCUT2D eigenvalue weighted by Gasteiger charge is 2.25. The van der Waals surface area contributed by atoms with Gasteiger partial charge in [-0.25, -0.2) is 9.18 Å². The molecule has 0 aliphatic carbocycles. The van der Waals surface area contributed by atoms with Crippen LogP contribution >= 0.6 is 23.2 Å². The van der Waals surface area contributed by atoms with Gasteiger partial charge in [0.15, 0.2) is 0 Å². The molecule has 1 saturated heterocycles. The van der Waals surface area contributed by atoms with Crippen LogP contribution in [-0.4, -0.2) is 51.9 Å². The first-order chi connectivity index (χ1) is 20.7. The lowest BCUT2D eigenvalue weighted by molar-refractivity contribution is -0.132. The van der Waals surface area contributed by atoms with Crippen LogP contribution in [0.5, 0.6) is 0 Å². The molecule has 1 aliphatic rings. The molecule has 0 saturated carbocycles. The number of piperidine rings is 1. The van der Waals surface area contributed by atoms with Crippen molar-refractivity contribution in [3.8, 4) is 0 Å². The van der Waals surface area contributed by atoms with Crippen molar-refractivity contribution in [3.05, 3.63) is 81.7 Å². The number of ether oxygens (including phenoxy) is 2. The molecule has 44 heavy (non-hydrogen) atoms. The third kappa shape index (κ3) is 9.75. The molecule has 1 unspecified atom stereocenters. The molecule has 1 aromatic heterocycles. The lowest BCUT2D eigenvalue weighted by Crippen LogP contribution is -2.39. The minimum absolute atomic E-state index is 0.0685. The molecule has 12 heteroatoms. The maximum Gasteiger partial charge on any atom is 0.407 e. The van der Waals surface area contributed by atoms with Crippen molar-refractivity contribution in [2.45, 2.75) is 78.0 Å². The van der Waals surface area contributed by atoms with E-state index < -0.39 is 23.6 Å². The Kier molecular flexibility index (Phi) is 12.3. The predicted octanol–water partition coefficient (Wildman–Crippen LogP) is 7.33. The molecule has 3 rings (SSSR count). The van der Waals surface area contributed by atoms with Gasteiger partial charge in [0.1, 0.15) is 23.3 Å². The fourth-order valence-corrected chi connectivity index (χ4v) is 5.45. The summed E-state index contributed by atoms with van der Waals surface area (Å²) >= 11 is 12.5. The molecule has 1 aromatic carbocycles. The highest BCUT2D eigenvalue weighted by atomic mass is 35.5. The van der Waals surface area contributed by atoms with Crippen LogP contribution in [0.2, 0.25) is 10.0 Å². The van der Waals surface area contributed by atoms with Gasteiger partial charge < -0.3 is 25.4 Å². The van der Waals surface area contributed by atoms with Crippen molar-refractivity contribution in [2.75, 3.05) is 19.6 Å². The molecule has 9 nitrogen and oxygen atoms in total. The summed E-state index contributed by atoms with van der Waals surface area (Å²) in [5.74, 6) is -0.155. The summed E-state index contributed by atoms with van der Waals surface area (Å²) in [7, 11) is 0. The Morgan fingerprint density at radius 2 is 1.95 bits per heavy atom. The fourth-order valence-electron chi connectivity index (χ4n) is 4.78. The molecule has 1 fully saturated rings. The Morgan fingerprint density at radius 3 is 2.57 bits per heavy atom. The van der Waals surface area contributed by atoms with Crippen molar-refractivity contribution in [2.24, 2.45) is 5.73 Å². The number of alkyl carbamates (subject to hydrolysis) is 1. The second-order valence-electron chi connectivity index (χ2n) is 11.7. The monoisotopic (exact) mass is 649 g/mol. The first-order valence-corrected chi connectivity index (χ1v) is 15.4. The number of likely N-dealkylation sites (tertiary alicyclic amines) is 1. The molecule has 0 spiro atoms. The van der Waals surface area contributed by atoms with E-state index in [4.69, 9.17) is 38.4 Å². The number of nitrogens with one attached hydrogen (secondary N) is 1. The third-order valence-corrected chi connectivity index (χ3v) is 7.76. The van der Waals surface area contributed by atoms with Gasteiger partial charge >= 0.3 is 6.09 Å². The summed E-state index contributed by atoms with van der Waals surface area (Å²) in [6.07, 6.45) is 8.37. The zero-order valence-corrected chi connectivity index (χ0v) is 27.5. The summed E-state index contributed by atoms with van der Waals surface area (Å²) in [6.45, 7) is 14.4. The van der Waals surface area contributed by atoms with Gasteiger partial charge in [0.2, 0.25) is 5.91 Å². The molecular formula is C32H42Cl2FN5O4. The summed E-state index contributed by atoms with van der Waals surface area (Å²) in [5.41, 5.74) is 7.86. The maximum atomic E-state index is 14.1. The van der Waals surface area contributed by atoms with Gasteiger partial charge in [-0.15, -0.1) is 0 Å². The molecule has 1 aliphatic heterocycles. The van der Waals surface area contributed by atoms with Crippen LogP contribution in [0.3, 0.4) is 0 Å². The van der Waals surface area contributed by atoms with Crippen LogP contribution in [0.4, 0.5) is 9.18 Å². The number of rotatable bonds is 11. The van der Waals surface area contributed by atoms with E-state index in [9.17, 15) is 14.0 Å². The smallest absolute Gasteiger partial charge is 0.407 e. The standard InChI is InChI=1S/C32H42Cl2FN5O4/c1-7-22(17-27(20(2)36)43-21(3)29-25(33)10-11-26(35)30(29)34)23-18-38-40(19-23)24-12-15-39(16-13-24)28(41)9-8-14-37-31(42)44-32(4,5)6/h7,10-11,17-19,21,24H,1,8-9,12-16,36H2,2-6H3,(H,37,42)/b22-17+,27-20-. The van der Waals surface area contributed by atoms with E-state index in [0.29, 0.717) is 49.5 Å². The zero-order valence-electron chi connectivity index (χ0n) is 26.0. The highest BCUT2D eigenvalue weighted by Crippen LogP contribution is 2.36. The van der Waals surface area contributed by atoms with Gasteiger partial charge in [-0.2, -0.15) is 5.10 Å². The van der Waals surface area contributed by atoms with Crippen LogP contribution in [0, 0.1) is 5.82 Å². The highest BCUT2D eigenvalue weighted by molar-refractivity contribution is 6.36. The molecule has 0 bridgehead atoms. The average Bonchev–Trinajstić information content (AvgIpc) is 3.44. The minimum atomic E-state index is -0.682. The number of aromatic nitrogens is 2. The molecular weight excluding hydrogens is 608 g/mol. The van der Waals surface area contributed by atoms with E-state index in [1.54, 1.807) is 53.0 Å². The SMILES string of the molecule is C=C/C(=C\C(OC(C)c1c(Cl)ccc(F)c1Cl)=C(/C)N)c1cnn(C2CCN(C(=O)CCCNC(=O)OC(C)(C)C)CC2)c1. The average molecular weight is 651 g/mol. The summed E-state index contributed by atoms with van der Waals surface area (Å²) < 4.78 is 27.3. The van der Waals surface area contributed by atoms with Crippen LogP contribution in [0.15, 0.2) is 54.7 Å². The van der Waals surface area contributed by atoms with Crippen molar-refractivity contribution < 1.29 is 23.5 Å². The van der Waals surface area contributed by atoms with E-state index in [-0.39, 0.29) is 22.0 Å². The van der Waals surface area contributed by atoms with E-state index in [1.807, 2.05) is 15.8 Å². The third-order valence-electron chi connectivity index (χ3n) is 7.05. The Balaban J connectivity index is 1.58. The molecule has 2 heterocycles. The van der Waals surface area contributed by atoms with Gasteiger partial charge in [0.05, 0.1) is 17.3 Å². The number of benzene rings is 1. The van der Waals surface area contributed by atoms with E-state index >= 15 is 0 Å². The normalized spacial score (nSPS) is 15.8. The number of nitrogens with zero attached hydrogens (tertiary/aromatic N) is 3. The number of nitrogens with two attached hydrogens (primary N) is 1. The maximum absolute atomic E-state index is 14.1. The predicted molar refractivity (Wildman–Crippen MR) is 172 cm³/mol. The second kappa shape index (κ2) is 15.5. The Bertz CT molecular complexity index is 1400. The van der Waals surface area contributed by atoms with Gasteiger partial charge in [0, 0.05) is 54.1 Å². The Hall–Kier alpha value is -3.50. The first-order valence-electron chi connectivity index (χ1n) is 14.6. The molecule has 0 radical (unpaired) electrons. The van der Waals surface area contributed by atoms with E-state index in [2.05, 4.69) is 17.0 Å². The van der Waals surface area contributed by atoms with Crippen molar-refractivity contribution in [1.29, 1.82) is 0 Å². The largest absolute Gasteiger partial charge is 0.484 e. The molecule has 240 valence electrons. The number of amides is 2. The summed E-state index contributed by atoms with van der Waals surface area (Å²) in [6, 6.07) is 2.77. The summed E-state index contributed by atoms with van der Waals surface area (Å²) in [4.78, 5) is 26.3. The topological polar surface area (TPSA) is 112 Å². The van der Waals surface area contributed by atoms with E-state index in [1.165, 1.54) is 12.1 Å². The number of allylic oxidation sites excluding steroid dienone is 4. The first kappa shape index (κ1) is 35.0.